The molecule has 46 heavy (non-hydrogen) atoms. The normalized spacial score (nSPS) is 24.7. The smallest absolute Gasteiger partial charge is 0.412 e. The molecule has 5 heterocycles. The van der Waals surface area contributed by atoms with E-state index in [4.69, 9.17) is 15.2 Å². The predicted molar refractivity (Wildman–Crippen MR) is 165 cm³/mol. The number of nitrogens with zero attached hydrogens (tertiary/aromatic N) is 2. The van der Waals surface area contributed by atoms with E-state index < -0.39 is 52.9 Å². The van der Waals surface area contributed by atoms with Gasteiger partial charge in [-0.3, -0.25) is 19.8 Å². The first-order chi connectivity index (χ1) is 21.7. The van der Waals surface area contributed by atoms with Crippen LogP contribution >= 0.6 is 11.3 Å². The van der Waals surface area contributed by atoms with Crippen molar-refractivity contribution in [2.75, 3.05) is 32.1 Å². The van der Waals surface area contributed by atoms with E-state index in [-0.39, 0.29) is 55.9 Å². The highest BCUT2D eigenvalue weighted by Crippen LogP contribution is 2.45. The number of primary amides is 1. The topological polar surface area (TPSA) is 159 Å². The van der Waals surface area contributed by atoms with Crippen LogP contribution in [0.5, 0.6) is 0 Å². The molecule has 2 saturated heterocycles. The monoisotopic (exact) mass is 661 g/mol. The van der Waals surface area contributed by atoms with Gasteiger partial charge in [-0.25, -0.2) is 18.0 Å². The predicted octanol–water partition coefficient (Wildman–Crippen LogP) is 3.82. The van der Waals surface area contributed by atoms with Crippen molar-refractivity contribution in [3.63, 3.8) is 0 Å². The number of rotatable bonds is 6. The van der Waals surface area contributed by atoms with Crippen LogP contribution < -0.4 is 27.0 Å². The molecule has 2 fully saturated rings. The average molecular weight is 662 g/mol. The van der Waals surface area contributed by atoms with E-state index in [1.807, 2.05) is 0 Å². The summed E-state index contributed by atoms with van der Waals surface area (Å²) in [6, 6.07) is 0.730. The number of amidine groups is 1. The molecule has 1 unspecified atom stereocenters. The van der Waals surface area contributed by atoms with E-state index >= 15 is 8.78 Å². The Balaban J connectivity index is 1.38. The van der Waals surface area contributed by atoms with E-state index in [0.717, 1.165) is 36.8 Å². The summed E-state index contributed by atoms with van der Waals surface area (Å²) in [5.41, 5.74) is 3.73. The Labute approximate surface area is 266 Å². The number of ether oxygens (including phenoxy) is 2. The molecule has 6 N–H and O–H groups in total. The summed E-state index contributed by atoms with van der Waals surface area (Å²) in [6.07, 6.45) is 0.0878. The van der Waals surface area contributed by atoms with Crippen molar-refractivity contribution in [2.45, 2.75) is 63.4 Å². The van der Waals surface area contributed by atoms with Crippen molar-refractivity contribution in [2.24, 2.45) is 10.7 Å². The molecule has 246 valence electrons. The zero-order valence-electron chi connectivity index (χ0n) is 25.6. The number of carbonyl (C=O) groups excluding carboxylic acids is 3. The van der Waals surface area contributed by atoms with Gasteiger partial charge in [0, 0.05) is 25.4 Å². The summed E-state index contributed by atoms with van der Waals surface area (Å²) >= 11 is 0.723. The van der Waals surface area contributed by atoms with Crippen molar-refractivity contribution in [1.29, 1.82) is 0 Å². The number of amides is 3. The fourth-order valence-corrected chi connectivity index (χ4v) is 7.69. The van der Waals surface area contributed by atoms with Crippen molar-refractivity contribution in [3.8, 4) is 0 Å². The number of carbonyl (C=O) groups is 3. The van der Waals surface area contributed by atoms with E-state index in [1.54, 1.807) is 20.8 Å². The van der Waals surface area contributed by atoms with Crippen LogP contribution in [0.2, 0.25) is 0 Å². The maximum absolute atomic E-state index is 16.6. The maximum Gasteiger partial charge on any atom is 0.412 e. The second kappa shape index (κ2) is 11.5. The molecule has 0 spiro atoms. The third-order valence-corrected chi connectivity index (χ3v) is 9.51. The molecule has 4 aliphatic heterocycles. The fourth-order valence-electron chi connectivity index (χ4n) is 6.56. The second-order valence-electron chi connectivity index (χ2n) is 12.6. The van der Waals surface area contributed by atoms with Gasteiger partial charge in [0.25, 0.3) is 17.8 Å². The van der Waals surface area contributed by atoms with Crippen molar-refractivity contribution < 1.29 is 37.0 Å². The number of hydrogen-bond acceptors (Lipinski definition) is 10. The molecule has 3 amide bonds. The van der Waals surface area contributed by atoms with Crippen LogP contribution in [-0.4, -0.2) is 72.9 Å². The van der Waals surface area contributed by atoms with E-state index in [2.05, 4.69) is 31.2 Å². The Kier molecular flexibility index (Phi) is 7.91. The van der Waals surface area contributed by atoms with E-state index in [9.17, 15) is 18.8 Å². The Morgan fingerprint density at radius 1 is 1.28 bits per heavy atom. The Morgan fingerprint density at radius 3 is 2.74 bits per heavy atom. The van der Waals surface area contributed by atoms with Gasteiger partial charge in [0.05, 0.1) is 21.5 Å². The number of benzene rings is 1. The molecule has 0 bridgehead atoms. The molecule has 0 radical (unpaired) electrons. The standard InChI is InChI=1S/C30H34F3N7O5S/c1-29(2,3)45-28(43)39-26-17(23(34)41)16-14(6-7-15(32)22(16)46-26)20-19(33)21-18(25(42)36-20)24(35-4)38-27(37-21)44-12-30-8-5-9-40(30)11-13(31)10-30/h6-7,13,20,35H,5,8-12H2,1-4H3,(H2,34,41)(H,36,42)(H,37,38)(H,39,43)/t13-,20?,30+/m1/s1. The summed E-state index contributed by atoms with van der Waals surface area (Å²) < 4.78 is 57.2. The lowest BCUT2D eigenvalue weighted by molar-refractivity contribution is -0.118. The minimum atomic E-state index is -1.49. The first-order valence-electron chi connectivity index (χ1n) is 14.8. The molecule has 1 aromatic heterocycles. The number of anilines is 1. The number of aliphatic imine (C=N–C) groups is 1. The van der Waals surface area contributed by atoms with Crippen molar-refractivity contribution in [1.82, 2.24) is 20.9 Å². The van der Waals surface area contributed by atoms with E-state index in [0.29, 0.717) is 13.0 Å². The SMILES string of the molecule is CNC1=C2C(=O)NC(c3ccc(F)c4sc(NC(=O)OC(C)(C)C)c(C(N)=O)c34)C(F)=C2NC(OC[C@@]23CCCN2C[C@H](F)C3)=N1. The second-order valence-corrected chi connectivity index (χ2v) is 13.7. The van der Waals surface area contributed by atoms with Gasteiger partial charge in [-0.1, -0.05) is 6.07 Å². The number of nitrogens with two attached hydrogens (primary N) is 1. The number of halogens is 3. The van der Waals surface area contributed by atoms with Crippen LogP contribution in [-0.2, 0) is 14.3 Å². The van der Waals surface area contributed by atoms with Crippen LogP contribution in [0.1, 0.15) is 62.0 Å². The van der Waals surface area contributed by atoms with Crippen LogP contribution in [0.15, 0.2) is 40.0 Å². The van der Waals surface area contributed by atoms with E-state index in [1.165, 1.54) is 13.1 Å². The summed E-state index contributed by atoms with van der Waals surface area (Å²) in [6.45, 7) is 6.13. The molecule has 12 nitrogen and oxygen atoms in total. The van der Waals surface area contributed by atoms with Gasteiger partial charge in [0.1, 0.15) is 46.6 Å². The highest BCUT2D eigenvalue weighted by molar-refractivity contribution is 7.23. The van der Waals surface area contributed by atoms with Gasteiger partial charge >= 0.3 is 6.09 Å². The molecular weight excluding hydrogens is 627 g/mol. The van der Waals surface area contributed by atoms with Gasteiger partial charge in [-0.2, -0.15) is 4.99 Å². The van der Waals surface area contributed by atoms with Gasteiger partial charge in [0.2, 0.25) is 0 Å². The molecule has 2 aromatic rings. The number of alkyl halides is 1. The Bertz CT molecular complexity index is 1750. The largest absolute Gasteiger partial charge is 0.463 e. The molecule has 1 aromatic carbocycles. The van der Waals surface area contributed by atoms with Crippen molar-refractivity contribution >= 4 is 50.4 Å². The Morgan fingerprint density at radius 2 is 2.04 bits per heavy atom. The van der Waals surface area contributed by atoms with Gasteiger partial charge in [0.15, 0.2) is 5.83 Å². The zero-order valence-corrected chi connectivity index (χ0v) is 26.4. The van der Waals surface area contributed by atoms with Gasteiger partial charge in [-0.15, -0.1) is 11.3 Å². The summed E-state index contributed by atoms with van der Waals surface area (Å²) in [5.74, 6) is -3.32. The molecule has 0 aliphatic carbocycles. The van der Waals surface area contributed by atoms with Crippen LogP contribution in [0.25, 0.3) is 10.1 Å². The number of nitrogens with one attached hydrogen (secondary N) is 4. The average Bonchev–Trinajstić information content (AvgIpc) is 3.63. The maximum atomic E-state index is 16.6. The molecule has 4 aliphatic rings. The lowest BCUT2D eigenvalue weighted by Gasteiger charge is -2.34. The summed E-state index contributed by atoms with van der Waals surface area (Å²) in [4.78, 5) is 45.1. The first-order valence-corrected chi connectivity index (χ1v) is 15.6. The lowest BCUT2D eigenvalue weighted by Crippen LogP contribution is -2.47. The quantitative estimate of drug-likeness (QED) is 0.313. The molecule has 0 saturated carbocycles. The fraction of sp³-hybridized carbons (Fsp3) is 0.467. The number of hydrogen-bond donors (Lipinski definition) is 5. The number of fused-ring (bicyclic) bond motifs is 3. The third kappa shape index (κ3) is 5.53. The van der Waals surface area contributed by atoms with Crippen LogP contribution in [0.4, 0.5) is 23.0 Å². The molecule has 3 atom stereocenters. The summed E-state index contributed by atoms with van der Waals surface area (Å²) in [7, 11) is 1.51. The minimum Gasteiger partial charge on any atom is -0.463 e. The van der Waals surface area contributed by atoms with Crippen LogP contribution in [0, 0.1) is 5.82 Å². The molecular formula is C30H34F3N7O5S. The highest BCUT2D eigenvalue weighted by atomic mass is 32.1. The number of thiophene rings is 1. The summed E-state index contributed by atoms with van der Waals surface area (Å²) in [5, 5.41) is 10.4. The lowest BCUT2D eigenvalue weighted by atomic mass is 9.92. The Hall–Kier alpha value is -4.31. The zero-order chi connectivity index (χ0) is 33.1. The minimum absolute atomic E-state index is 0.0225. The van der Waals surface area contributed by atoms with Gasteiger partial charge in [-0.05, 0) is 51.8 Å². The third-order valence-electron chi connectivity index (χ3n) is 8.40. The molecule has 6 rings (SSSR count). The molecule has 16 heteroatoms. The highest BCUT2D eigenvalue weighted by Gasteiger charge is 2.50. The van der Waals surface area contributed by atoms with Gasteiger partial charge < -0.3 is 31.2 Å². The first kappa shape index (κ1) is 31.7. The van der Waals surface area contributed by atoms with Crippen LogP contribution in [0.3, 0.4) is 0 Å². The van der Waals surface area contributed by atoms with Crippen molar-refractivity contribution in [3.05, 3.63) is 52.0 Å².